The minimum Gasteiger partial charge on any atom is -0.350 e. The Morgan fingerprint density at radius 1 is 1.16 bits per heavy atom. The molecule has 0 radical (unpaired) electrons. The van der Waals surface area contributed by atoms with E-state index in [4.69, 9.17) is 0 Å². The summed E-state index contributed by atoms with van der Waals surface area (Å²) in [5.74, 6) is 0.575. The summed E-state index contributed by atoms with van der Waals surface area (Å²) in [6.45, 7) is 0.937. The number of nitrogens with one attached hydrogen (secondary N) is 1. The van der Waals surface area contributed by atoms with E-state index in [1.807, 2.05) is 6.07 Å². The first-order valence-electron chi connectivity index (χ1n) is 9.01. The highest BCUT2D eigenvalue weighted by Crippen LogP contribution is 2.39. The van der Waals surface area contributed by atoms with Gasteiger partial charge in [-0.3, -0.25) is 0 Å². The zero-order valence-electron chi connectivity index (χ0n) is 14.6. The van der Waals surface area contributed by atoms with Crippen LogP contribution in [0.3, 0.4) is 0 Å². The highest BCUT2D eigenvalue weighted by atomic mass is 14.9. The number of aryl methyl sites for hydroxylation is 1. The highest BCUT2D eigenvalue weighted by molar-refractivity contribution is 5.85. The largest absolute Gasteiger partial charge is 0.350 e. The molecule has 1 saturated carbocycles. The number of benzene rings is 2. The molecule has 1 aliphatic rings. The van der Waals surface area contributed by atoms with Crippen LogP contribution in [0.1, 0.15) is 41.9 Å². The highest BCUT2D eigenvalue weighted by Gasteiger charge is 2.27. The van der Waals surface area contributed by atoms with Gasteiger partial charge < -0.3 is 9.88 Å². The summed E-state index contributed by atoms with van der Waals surface area (Å²) in [4.78, 5) is 0. The molecule has 2 unspecified atom stereocenters. The SMILES string of the molecule is Cn1cc(C2CCC(NCc3ccccc3)C2)c2cc(C#N)ccc21. The van der Waals surface area contributed by atoms with Gasteiger partial charge in [0, 0.05) is 36.7 Å². The topological polar surface area (TPSA) is 40.8 Å². The molecule has 2 aromatic carbocycles. The third kappa shape index (κ3) is 3.18. The van der Waals surface area contributed by atoms with Crippen LogP contribution < -0.4 is 5.32 Å². The number of hydrogen-bond donors (Lipinski definition) is 1. The van der Waals surface area contributed by atoms with Gasteiger partial charge in [-0.25, -0.2) is 0 Å². The quantitative estimate of drug-likeness (QED) is 0.767. The van der Waals surface area contributed by atoms with Crippen molar-refractivity contribution in [3.8, 4) is 6.07 Å². The van der Waals surface area contributed by atoms with Crippen LogP contribution >= 0.6 is 0 Å². The predicted molar refractivity (Wildman–Crippen MR) is 101 cm³/mol. The maximum Gasteiger partial charge on any atom is 0.0991 e. The third-order valence-corrected chi connectivity index (χ3v) is 5.46. The summed E-state index contributed by atoms with van der Waals surface area (Å²) >= 11 is 0. The second-order valence-electron chi connectivity index (χ2n) is 7.11. The van der Waals surface area contributed by atoms with Gasteiger partial charge in [0.2, 0.25) is 0 Å². The first-order valence-corrected chi connectivity index (χ1v) is 9.01. The first-order chi connectivity index (χ1) is 12.2. The van der Waals surface area contributed by atoms with Gasteiger partial charge in [0.25, 0.3) is 0 Å². The van der Waals surface area contributed by atoms with Gasteiger partial charge in [0.05, 0.1) is 11.6 Å². The minimum atomic E-state index is 0.569. The Labute approximate surface area is 148 Å². The average Bonchev–Trinajstić information content (AvgIpc) is 3.25. The van der Waals surface area contributed by atoms with E-state index in [2.05, 4.69) is 71.7 Å². The van der Waals surface area contributed by atoms with Crippen LogP contribution in [0.25, 0.3) is 10.9 Å². The molecule has 3 aromatic rings. The summed E-state index contributed by atoms with van der Waals surface area (Å²) in [7, 11) is 2.10. The van der Waals surface area contributed by atoms with E-state index in [9.17, 15) is 5.26 Å². The van der Waals surface area contributed by atoms with Gasteiger partial charge in [-0.15, -0.1) is 0 Å². The molecule has 3 nitrogen and oxygen atoms in total. The van der Waals surface area contributed by atoms with Crippen LogP contribution in [0, 0.1) is 11.3 Å². The molecule has 1 fully saturated rings. The van der Waals surface area contributed by atoms with Gasteiger partial charge >= 0.3 is 0 Å². The van der Waals surface area contributed by atoms with Crippen LogP contribution in [-0.4, -0.2) is 10.6 Å². The second-order valence-corrected chi connectivity index (χ2v) is 7.11. The average molecular weight is 329 g/mol. The van der Waals surface area contributed by atoms with E-state index in [1.54, 1.807) is 0 Å². The van der Waals surface area contributed by atoms with E-state index in [0.717, 1.165) is 12.1 Å². The molecule has 0 spiro atoms. The molecule has 1 aliphatic carbocycles. The van der Waals surface area contributed by atoms with Crippen molar-refractivity contribution in [2.75, 3.05) is 0 Å². The maximum absolute atomic E-state index is 9.21. The molecule has 126 valence electrons. The van der Waals surface area contributed by atoms with Crippen LogP contribution in [0.5, 0.6) is 0 Å². The monoisotopic (exact) mass is 329 g/mol. The van der Waals surface area contributed by atoms with Crippen molar-refractivity contribution in [3.63, 3.8) is 0 Å². The number of fused-ring (bicyclic) bond motifs is 1. The van der Waals surface area contributed by atoms with Crippen molar-refractivity contribution in [3.05, 3.63) is 71.4 Å². The molecule has 3 heteroatoms. The Hall–Kier alpha value is -2.57. The fourth-order valence-electron chi connectivity index (χ4n) is 4.12. The Bertz CT molecular complexity index is 918. The summed E-state index contributed by atoms with van der Waals surface area (Å²) in [5.41, 5.74) is 4.71. The Morgan fingerprint density at radius 3 is 2.80 bits per heavy atom. The van der Waals surface area contributed by atoms with Crippen LogP contribution in [0.2, 0.25) is 0 Å². The lowest BCUT2D eigenvalue weighted by Gasteiger charge is -2.13. The second kappa shape index (κ2) is 6.74. The maximum atomic E-state index is 9.21. The number of hydrogen-bond acceptors (Lipinski definition) is 2. The molecule has 0 amide bonds. The van der Waals surface area contributed by atoms with E-state index in [0.29, 0.717) is 12.0 Å². The molecule has 25 heavy (non-hydrogen) atoms. The van der Waals surface area contributed by atoms with Gasteiger partial charge in [0.15, 0.2) is 0 Å². The van der Waals surface area contributed by atoms with Gasteiger partial charge in [-0.2, -0.15) is 5.26 Å². The van der Waals surface area contributed by atoms with Crippen molar-refractivity contribution >= 4 is 10.9 Å². The van der Waals surface area contributed by atoms with Crippen LogP contribution in [0.15, 0.2) is 54.7 Å². The Kier molecular flexibility index (Phi) is 4.29. The lowest BCUT2D eigenvalue weighted by Crippen LogP contribution is -2.25. The Morgan fingerprint density at radius 2 is 2.00 bits per heavy atom. The standard InChI is InChI=1S/C22H23N3/c1-25-15-21(20-11-17(13-23)7-10-22(20)25)18-8-9-19(12-18)24-14-16-5-3-2-4-6-16/h2-7,10-11,15,18-19,24H,8-9,12,14H2,1H3. The van der Waals surface area contributed by atoms with Crippen molar-refractivity contribution in [2.45, 2.75) is 37.8 Å². The van der Waals surface area contributed by atoms with Crippen molar-refractivity contribution < 1.29 is 0 Å². The summed E-state index contributed by atoms with van der Waals surface area (Å²) < 4.78 is 2.19. The molecule has 1 aromatic heterocycles. The smallest absolute Gasteiger partial charge is 0.0991 e. The molecular weight excluding hydrogens is 306 g/mol. The lowest BCUT2D eigenvalue weighted by atomic mass is 9.96. The van der Waals surface area contributed by atoms with Crippen molar-refractivity contribution in [1.82, 2.24) is 9.88 Å². The summed E-state index contributed by atoms with van der Waals surface area (Å²) in [5, 5.41) is 14.2. The zero-order valence-corrected chi connectivity index (χ0v) is 14.6. The number of nitriles is 1. The molecule has 0 aliphatic heterocycles. The fraction of sp³-hybridized carbons (Fsp3) is 0.318. The molecular formula is C22H23N3. The van der Waals surface area contributed by atoms with E-state index >= 15 is 0 Å². The van der Waals surface area contributed by atoms with E-state index < -0.39 is 0 Å². The van der Waals surface area contributed by atoms with Crippen molar-refractivity contribution in [1.29, 1.82) is 5.26 Å². The zero-order chi connectivity index (χ0) is 17.2. The fourth-order valence-corrected chi connectivity index (χ4v) is 4.12. The molecule has 0 saturated heterocycles. The van der Waals surface area contributed by atoms with E-state index in [1.165, 1.54) is 41.3 Å². The first kappa shape index (κ1) is 15.9. The molecule has 0 bridgehead atoms. The van der Waals surface area contributed by atoms with Gasteiger partial charge in [-0.1, -0.05) is 30.3 Å². The number of rotatable bonds is 4. The Balaban J connectivity index is 1.50. The minimum absolute atomic E-state index is 0.569. The summed E-state index contributed by atoms with van der Waals surface area (Å²) in [6.07, 6.45) is 5.85. The molecule has 1 heterocycles. The molecule has 2 atom stereocenters. The molecule has 1 N–H and O–H groups in total. The lowest BCUT2D eigenvalue weighted by molar-refractivity contribution is 0.517. The van der Waals surface area contributed by atoms with E-state index in [-0.39, 0.29) is 0 Å². The van der Waals surface area contributed by atoms with Crippen LogP contribution in [-0.2, 0) is 13.6 Å². The normalized spacial score (nSPS) is 20.0. The number of aromatic nitrogens is 1. The van der Waals surface area contributed by atoms with Gasteiger partial charge in [0.1, 0.15) is 0 Å². The third-order valence-electron chi connectivity index (χ3n) is 5.46. The number of nitrogens with zero attached hydrogens (tertiary/aromatic N) is 2. The van der Waals surface area contributed by atoms with Gasteiger partial charge in [-0.05, 0) is 54.5 Å². The predicted octanol–water partition coefficient (Wildman–Crippen LogP) is 4.48. The summed E-state index contributed by atoms with van der Waals surface area (Å²) in [6, 6.07) is 19.5. The molecule has 4 rings (SSSR count). The van der Waals surface area contributed by atoms with Crippen molar-refractivity contribution in [2.24, 2.45) is 7.05 Å². The van der Waals surface area contributed by atoms with Crippen LogP contribution in [0.4, 0.5) is 0 Å².